The summed E-state index contributed by atoms with van der Waals surface area (Å²) in [6.07, 6.45) is 3.99. The second kappa shape index (κ2) is 14.8. The van der Waals surface area contributed by atoms with Crippen molar-refractivity contribution in [3.8, 4) is 5.75 Å². The summed E-state index contributed by atoms with van der Waals surface area (Å²) in [6, 6.07) is 35.1. The van der Waals surface area contributed by atoms with Gasteiger partial charge in [-0.1, -0.05) is 108 Å². The van der Waals surface area contributed by atoms with E-state index in [-0.39, 0.29) is 15.9 Å². The van der Waals surface area contributed by atoms with Crippen LogP contribution >= 0.6 is 11.8 Å². The van der Waals surface area contributed by atoms with Gasteiger partial charge in [0.05, 0.1) is 10.3 Å². The van der Waals surface area contributed by atoms with Crippen molar-refractivity contribution in [3.63, 3.8) is 0 Å². The van der Waals surface area contributed by atoms with Gasteiger partial charge >= 0.3 is 10.5 Å². The highest BCUT2D eigenvalue weighted by Crippen LogP contribution is 2.48. The molecule has 0 atom stereocenters. The number of halogens is 1. The van der Waals surface area contributed by atoms with E-state index in [4.69, 9.17) is 0 Å². The summed E-state index contributed by atoms with van der Waals surface area (Å²) in [6.45, 7) is 0.334. The van der Waals surface area contributed by atoms with Gasteiger partial charge in [0, 0.05) is 12.1 Å². The summed E-state index contributed by atoms with van der Waals surface area (Å²) in [5, 5.41) is 2.70. The van der Waals surface area contributed by atoms with Gasteiger partial charge < -0.3 is 9.50 Å². The lowest BCUT2D eigenvalue weighted by Crippen LogP contribution is -2.26. The first kappa shape index (κ1) is 31.0. The number of carbonyl (C=O) groups is 2. The number of benzene rings is 4. The number of rotatable bonds is 15. The van der Waals surface area contributed by atoms with E-state index >= 15 is 0 Å². The van der Waals surface area contributed by atoms with Gasteiger partial charge in [0.25, 0.3) is 5.91 Å². The molecule has 9 heteroatoms. The molecule has 1 N–H and O–H groups in total. The Bertz CT molecular complexity index is 1470. The molecule has 0 fully saturated rings. The molecule has 0 unspecified atom stereocenters. The minimum Gasteiger partial charge on any atom is -0.358 e. The standard InChI is InChI=1S/C33H32FNO5S2/c34-42(38,39)40-31-21-20-26(25-36)24-30(31)32(37)35-22-12-1-2-13-23-41-33(27-14-6-3-7-15-27,28-16-8-4-9-17-28)29-18-10-5-11-19-29/h3-11,14-21,24-25H,1-2,12-13,22-23H2,(H,35,37). The molecule has 4 aromatic rings. The second-order valence-electron chi connectivity index (χ2n) is 9.65. The van der Waals surface area contributed by atoms with Crippen molar-refractivity contribution < 1.29 is 26.1 Å². The predicted octanol–water partition coefficient (Wildman–Crippen LogP) is 7.11. The van der Waals surface area contributed by atoms with E-state index in [0.29, 0.717) is 19.3 Å². The molecule has 0 aliphatic rings. The normalized spacial score (nSPS) is 11.5. The highest BCUT2D eigenvalue weighted by molar-refractivity contribution is 8.00. The first-order valence-corrected chi connectivity index (χ1v) is 15.9. The smallest absolute Gasteiger partial charge is 0.358 e. The average Bonchev–Trinajstić information content (AvgIpc) is 3.01. The van der Waals surface area contributed by atoms with Crippen LogP contribution in [0.5, 0.6) is 5.75 Å². The van der Waals surface area contributed by atoms with E-state index in [1.165, 1.54) is 28.8 Å². The number of hydrogen-bond acceptors (Lipinski definition) is 6. The number of thioether (sulfide) groups is 1. The molecule has 4 rings (SSSR count). The molecule has 6 nitrogen and oxygen atoms in total. The quantitative estimate of drug-likeness (QED) is 0.0673. The van der Waals surface area contributed by atoms with Crippen LogP contribution in [0, 0.1) is 0 Å². The van der Waals surface area contributed by atoms with Crippen molar-refractivity contribution in [1.29, 1.82) is 0 Å². The predicted molar refractivity (Wildman–Crippen MR) is 165 cm³/mol. The summed E-state index contributed by atoms with van der Waals surface area (Å²) in [5.74, 6) is -0.204. The molecular formula is C33H32FNO5S2. The van der Waals surface area contributed by atoms with Crippen LogP contribution in [0.15, 0.2) is 109 Å². The van der Waals surface area contributed by atoms with Crippen LogP contribution < -0.4 is 9.50 Å². The summed E-state index contributed by atoms with van der Waals surface area (Å²) >= 11 is 1.91. The zero-order valence-corrected chi connectivity index (χ0v) is 24.6. The van der Waals surface area contributed by atoms with Gasteiger partial charge in [0.1, 0.15) is 6.29 Å². The fourth-order valence-electron chi connectivity index (χ4n) is 4.85. The first-order chi connectivity index (χ1) is 20.3. The maximum atomic E-state index is 13.1. The highest BCUT2D eigenvalue weighted by Gasteiger charge is 2.36. The van der Waals surface area contributed by atoms with Crippen molar-refractivity contribution in [1.82, 2.24) is 5.32 Å². The maximum Gasteiger partial charge on any atom is 0.488 e. The number of carbonyl (C=O) groups excluding carboxylic acids is 2. The Balaban J connectivity index is 1.34. The maximum absolute atomic E-state index is 13.1. The fourth-order valence-corrected chi connectivity index (χ4v) is 6.77. The van der Waals surface area contributed by atoms with Gasteiger partial charge in [0.15, 0.2) is 5.75 Å². The summed E-state index contributed by atoms with van der Waals surface area (Å²) < 4.78 is 38.8. The highest BCUT2D eigenvalue weighted by atomic mass is 32.3. The summed E-state index contributed by atoms with van der Waals surface area (Å²) in [7, 11) is -5.33. The van der Waals surface area contributed by atoms with Crippen LogP contribution in [0.4, 0.5) is 3.89 Å². The number of unbranched alkanes of at least 4 members (excludes halogenated alkanes) is 3. The Hall–Kier alpha value is -3.95. The van der Waals surface area contributed by atoms with E-state index in [1.807, 2.05) is 30.0 Å². The van der Waals surface area contributed by atoms with Crippen LogP contribution in [0.2, 0.25) is 0 Å². The molecule has 0 radical (unpaired) electrons. The largest absolute Gasteiger partial charge is 0.488 e. The third-order valence-corrected chi connectivity index (χ3v) is 8.80. The molecule has 0 aliphatic carbocycles. The topological polar surface area (TPSA) is 89.5 Å². The zero-order valence-electron chi connectivity index (χ0n) is 22.9. The summed E-state index contributed by atoms with van der Waals surface area (Å²) in [4.78, 5) is 23.7. The van der Waals surface area contributed by atoms with Crippen molar-refractivity contribution >= 4 is 34.5 Å². The molecule has 218 valence electrons. The molecule has 0 aliphatic heterocycles. The monoisotopic (exact) mass is 605 g/mol. The molecule has 0 heterocycles. The number of nitrogens with one attached hydrogen (secondary N) is 1. The van der Waals surface area contributed by atoms with Gasteiger partial charge in [-0.15, -0.1) is 11.8 Å². The van der Waals surface area contributed by atoms with E-state index in [0.717, 1.165) is 31.1 Å². The number of hydrogen-bond donors (Lipinski definition) is 1. The number of amides is 1. The van der Waals surface area contributed by atoms with Crippen LogP contribution in [0.1, 0.15) is 63.1 Å². The van der Waals surface area contributed by atoms with Crippen LogP contribution in [0.25, 0.3) is 0 Å². The number of aldehydes is 1. The van der Waals surface area contributed by atoms with Gasteiger partial charge in [-0.05, 0) is 53.5 Å². The SMILES string of the molecule is O=Cc1ccc(OS(=O)(=O)F)c(C(=O)NCCCCCCSC(c2ccccc2)(c2ccccc2)c2ccccc2)c1. The van der Waals surface area contributed by atoms with Gasteiger partial charge in [-0.3, -0.25) is 9.59 Å². The second-order valence-corrected chi connectivity index (χ2v) is 11.9. The first-order valence-electron chi connectivity index (χ1n) is 13.7. The van der Waals surface area contributed by atoms with Crippen molar-refractivity contribution in [3.05, 3.63) is 137 Å². The van der Waals surface area contributed by atoms with Crippen LogP contribution in [0.3, 0.4) is 0 Å². The third kappa shape index (κ3) is 8.08. The minimum atomic E-state index is -5.33. The van der Waals surface area contributed by atoms with Gasteiger partial charge in [-0.25, -0.2) is 0 Å². The lowest BCUT2D eigenvalue weighted by Gasteiger charge is -2.35. The molecule has 1 amide bonds. The molecule has 0 bridgehead atoms. The van der Waals surface area contributed by atoms with E-state index in [2.05, 4.69) is 82.3 Å². The molecule has 42 heavy (non-hydrogen) atoms. The molecule has 0 aromatic heterocycles. The van der Waals surface area contributed by atoms with E-state index in [1.54, 1.807) is 0 Å². The Morgan fingerprint density at radius 3 is 1.81 bits per heavy atom. The Morgan fingerprint density at radius 1 is 0.786 bits per heavy atom. The van der Waals surface area contributed by atoms with Crippen LogP contribution in [-0.2, 0) is 15.3 Å². The lowest BCUT2D eigenvalue weighted by atomic mass is 9.84. The molecular weight excluding hydrogens is 573 g/mol. The minimum absolute atomic E-state index is 0.138. The third-order valence-electron chi connectivity index (χ3n) is 6.79. The van der Waals surface area contributed by atoms with Crippen molar-refractivity contribution in [2.24, 2.45) is 0 Å². The zero-order chi connectivity index (χ0) is 29.8. The van der Waals surface area contributed by atoms with Gasteiger partial charge in [-0.2, -0.15) is 8.42 Å². The average molecular weight is 606 g/mol. The fraction of sp³-hybridized carbons (Fsp3) is 0.212. The van der Waals surface area contributed by atoms with Crippen molar-refractivity contribution in [2.75, 3.05) is 12.3 Å². The van der Waals surface area contributed by atoms with Crippen LogP contribution in [-0.4, -0.2) is 32.9 Å². The van der Waals surface area contributed by atoms with E-state index < -0.39 is 22.2 Å². The molecule has 4 aromatic carbocycles. The summed E-state index contributed by atoms with van der Waals surface area (Å²) in [5.41, 5.74) is 3.57. The lowest BCUT2D eigenvalue weighted by molar-refractivity contribution is 0.0951. The molecule has 0 saturated heterocycles. The van der Waals surface area contributed by atoms with Gasteiger partial charge in [0.2, 0.25) is 0 Å². The Kier molecular flexibility index (Phi) is 10.9. The molecule has 0 spiro atoms. The van der Waals surface area contributed by atoms with Crippen molar-refractivity contribution in [2.45, 2.75) is 30.4 Å². The molecule has 0 saturated carbocycles. The Morgan fingerprint density at radius 2 is 1.31 bits per heavy atom. The Labute approximate surface area is 250 Å². The van der Waals surface area contributed by atoms with E-state index in [9.17, 15) is 21.9 Å².